The molecule has 2 atom stereocenters. The molecule has 3 rings (SSSR count). The molecule has 1 fully saturated rings. The number of hydrogen-bond donors (Lipinski definition) is 1. The molecule has 1 amide bonds. The average Bonchev–Trinajstić information content (AvgIpc) is 3.27. The van der Waals surface area contributed by atoms with Gasteiger partial charge in [0.2, 0.25) is 0 Å². The van der Waals surface area contributed by atoms with Gasteiger partial charge in [-0.15, -0.1) is 24.8 Å². The van der Waals surface area contributed by atoms with Crippen LogP contribution in [0.15, 0.2) is 12.3 Å². The van der Waals surface area contributed by atoms with Crippen LogP contribution in [0.1, 0.15) is 62.1 Å². The molecule has 0 spiro atoms. The van der Waals surface area contributed by atoms with Crippen LogP contribution in [0.3, 0.4) is 0 Å². The van der Waals surface area contributed by atoms with Crippen molar-refractivity contribution in [2.75, 3.05) is 19.6 Å². The Labute approximate surface area is 173 Å². The van der Waals surface area contributed by atoms with Gasteiger partial charge in [-0.1, -0.05) is 13.8 Å². The number of aromatic nitrogens is 3. The number of hydrogen-bond acceptors (Lipinski definition) is 4. The smallest absolute Gasteiger partial charge is 0.255 e. The molecule has 3 heterocycles. The topological polar surface area (TPSA) is 63.1 Å². The molecule has 0 radical (unpaired) electrons. The quantitative estimate of drug-likeness (QED) is 0.779. The summed E-state index contributed by atoms with van der Waals surface area (Å²) in [5.41, 5.74) is 2.41. The van der Waals surface area contributed by atoms with Crippen molar-refractivity contribution < 1.29 is 4.79 Å². The van der Waals surface area contributed by atoms with Gasteiger partial charge >= 0.3 is 0 Å². The number of halogens is 2. The monoisotopic (exact) mass is 415 g/mol. The summed E-state index contributed by atoms with van der Waals surface area (Å²) in [6, 6.07) is 2.46. The SMILES string of the molecule is CCCN(C(=O)c1cc(C)nc2c1cnn2C(C)CC)C1CCNC1.Cl.Cl. The zero-order valence-corrected chi connectivity index (χ0v) is 18.2. The molecule has 0 aliphatic carbocycles. The Bertz CT molecular complexity index is 758. The fraction of sp³-hybridized carbons (Fsp3) is 0.632. The summed E-state index contributed by atoms with van der Waals surface area (Å²) in [7, 11) is 0. The summed E-state index contributed by atoms with van der Waals surface area (Å²) in [6.07, 6.45) is 4.76. The first-order valence-corrected chi connectivity index (χ1v) is 9.43. The molecular weight excluding hydrogens is 385 g/mol. The van der Waals surface area contributed by atoms with Gasteiger partial charge in [-0.05, 0) is 45.7 Å². The van der Waals surface area contributed by atoms with E-state index in [9.17, 15) is 4.79 Å². The van der Waals surface area contributed by atoms with Crippen LogP contribution in [0.5, 0.6) is 0 Å². The van der Waals surface area contributed by atoms with Crippen molar-refractivity contribution in [1.82, 2.24) is 25.0 Å². The summed E-state index contributed by atoms with van der Waals surface area (Å²) in [6.45, 7) is 11.0. The first kappa shape index (κ1) is 23.7. The van der Waals surface area contributed by atoms with E-state index >= 15 is 0 Å². The summed E-state index contributed by atoms with van der Waals surface area (Å²) < 4.78 is 1.94. The molecule has 1 aliphatic rings. The standard InChI is InChI=1S/C19H29N5O.2ClH/c1-5-9-23(15-7-8-20-11-15)19(25)16-10-13(3)22-18-17(16)12-21-24(18)14(4)6-2;;/h10,12,14-15,20H,5-9,11H2,1-4H3;2*1H. The molecule has 2 aromatic heterocycles. The second-order valence-electron chi connectivity index (χ2n) is 7.04. The van der Waals surface area contributed by atoms with E-state index in [4.69, 9.17) is 0 Å². The molecule has 8 heteroatoms. The van der Waals surface area contributed by atoms with Crippen LogP contribution >= 0.6 is 24.8 Å². The third-order valence-electron chi connectivity index (χ3n) is 5.13. The maximum Gasteiger partial charge on any atom is 0.255 e. The number of carbonyl (C=O) groups excluding carboxylic acids is 1. The molecule has 0 aromatic carbocycles. The molecule has 1 aliphatic heterocycles. The minimum Gasteiger partial charge on any atom is -0.334 e. The Hall–Kier alpha value is -1.37. The van der Waals surface area contributed by atoms with Crippen LogP contribution in [-0.4, -0.2) is 51.2 Å². The Kier molecular flexibility index (Phi) is 8.99. The van der Waals surface area contributed by atoms with E-state index in [-0.39, 0.29) is 42.8 Å². The first-order chi connectivity index (χ1) is 12.1. The number of nitrogens with one attached hydrogen (secondary N) is 1. The third kappa shape index (κ3) is 4.73. The van der Waals surface area contributed by atoms with Gasteiger partial charge in [0, 0.05) is 24.8 Å². The zero-order valence-electron chi connectivity index (χ0n) is 16.6. The summed E-state index contributed by atoms with van der Waals surface area (Å²) in [5.74, 6) is 0.106. The Morgan fingerprint density at radius 2 is 2.15 bits per heavy atom. The van der Waals surface area contributed by atoms with Gasteiger partial charge in [0.1, 0.15) is 0 Å². The fourth-order valence-corrected chi connectivity index (χ4v) is 3.57. The third-order valence-corrected chi connectivity index (χ3v) is 5.13. The van der Waals surface area contributed by atoms with Crippen molar-refractivity contribution in [2.45, 2.75) is 59.0 Å². The van der Waals surface area contributed by atoms with E-state index < -0.39 is 0 Å². The maximum absolute atomic E-state index is 13.4. The lowest BCUT2D eigenvalue weighted by molar-refractivity contribution is 0.0694. The van der Waals surface area contributed by atoms with Gasteiger partial charge in [-0.2, -0.15) is 5.10 Å². The lowest BCUT2D eigenvalue weighted by Gasteiger charge is -2.28. The fourth-order valence-electron chi connectivity index (χ4n) is 3.57. The van der Waals surface area contributed by atoms with E-state index in [1.165, 1.54) is 0 Å². The summed E-state index contributed by atoms with van der Waals surface area (Å²) in [5, 5.41) is 8.76. The Morgan fingerprint density at radius 1 is 1.41 bits per heavy atom. The lowest BCUT2D eigenvalue weighted by Crippen LogP contribution is -2.42. The molecule has 2 aromatic rings. The summed E-state index contributed by atoms with van der Waals surface area (Å²) in [4.78, 5) is 20.1. The van der Waals surface area contributed by atoms with E-state index in [0.717, 1.165) is 61.2 Å². The number of carbonyl (C=O) groups is 1. The highest BCUT2D eigenvalue weighted by atomic mass is 35.5. The number of amides is 1. The van der Waals surface area contributed by atoms with E-state index in [1.807, 2.05) is 22.6 Å². The molecule has 27 heavy (non-hydrogen) atoms. The van der Waals surface area contributed by atoms with Crippen LogP contribution < -0.4 is 5.32 Å². The van der Waals surface area contributed by atoms with Gasteiger partial charge in [0.15, 0.2) is 5.65 Å². The highest BCUT2D eigenvalue weighted by Gasteiger charge is 2.28. The number of nitrogens with zero attached hydrogens (tertiary/aromatic N) is 4. The van der Waals surface area contributed by atoms with Crippen LogP contribution in [0.25, 0.3) is 11.0 Å². The molecule has 1 N–H and O–H groups in total. The van der Waals surface area contributed by atoms with Gasteiger partial charge in [0.25, 0.3) is 5.91 Å². The minimum atomic E-state index is 0. The minimum absolute atomic E-state index is 0. The van der Waals surface area contributed by atoms with Crippen molar-refractivity contribution >= 4 is 41.8 Å². The van der Waals surface area contributed by atoms with Crippen LogP contribution in [0.2, 0.25) is 0 Å². The summed E-state index contributed by atoms with van der Waals surface area (Å²) >= 11 is 0. The van der Waals surface area contributed by atoms with Gasteiger partial charge in [-0.25, -0.2) is 9.67 Å². The number of aryl methyl sites for hydroxylation is 1. The van der Waals surface area contributed by atoms with Crippen LogP contribution in [0, 0.1) is 6.92 Å². The predicted molar refractivity (Wildman–Crippen MR) is 114 cm³/mol. The van der Waals surface area contributed by atoms with E-state index in [1.54, 1.807) is 6.20 Å². The predicted octanol–water partition coefficient (Wildman–Crippen LogP) is 3.77. The second kappa shape index (κ2) is 10.2. The largest absolute Gasteiger partial charge is 0.334 e. The van der Waals surface area contributed by atoms with E-state index in [2.05, 4.69) is 36.2 Å². The van der Waals surface area contributed by atoms with E-state index in [0.29, 0.717) is 0 Å². The molecule has 2 unspecified atom stereocenters. The van der Waals surface area contributed by atoms with Crippen molar-refractivity contribution in [1.29, 1.82) is 0 Å². The highest BCUT2D eigenvalue weighted by molar-refractivity contribution is 6.05. The average molecular weight is 416 g/mol. The Balaban J connectivity index is 0.00000182. The molecule has 0 saturated carbocycles. The van der Waals surface area contributed by atoms with Gasteiger partial charge < -0.3 is 10.2 Å². The van der Waals surface area contributed by atoms with Crippen molar-refractivity contribution in [2.24, 2.45) is 0 Å². The Morgan fingerprint density at radius 3 is 2.74 bits per heavy atom. The van der Waals surface area contributed by atoms with Crippen LogP contribution in [-0.2, 0) is 0 Å². The maximum atomic E-state index is 13.4. The highest BCUT2D eigenvalue weighted by Crippen LogP contribution is 2.24. The number of rotatable bonds is 6. The normalized spacial score (nSPS) is 17.3. The van der Waals surface area contributed by atoms with Crippen molar-refractivity contribution in [3.63, 3.8) is 0 Å². The molecular formula is C19H31Cl2N5O. The van der Waals surface area contributed by atoms with Gasteiger partial charge in [-0.3, -0.25) is 4.79 Å². The van der Waals surface area contributed by atoms with Crippen molar-refractivity contribution in [3.05, 3.63) is 23.5 Å². The van der Waals surface area contributed by atoms with Gasteiger partial charge in [0.05, 0.1) is 23.2 Å². The van der Waals surface area contributed by atoms with Crippen molar-refractivity contribution in [3.8, 4) is 0 Å². The molecule has 0 bridgehead atoms. The molecule has 152 valence electrons. The second-order valence-corrected chi connectivity index (χ2v) is 7.04. The molecule has 1 saturated heterocycles. The van der Waals surface area contributed by atoms with Crippen LogP contribution in [0.4, 0.5) is 0 Å². The first-order valence-electron chi connectivity index (χ1n) is 9.43. The molecule has 6 nitrogen and oxygen atoms in total. The number of pyridine rings is 1. The number of fused-ring (bicyclic) bond motifs is 1. The zero-order chi connectivity index (χ0) is 18.0. The lowest BCUT2D eigenvalue weighted by atomic mass is 10.1.